The molecule has 1 rings (SSSR count). The Balaban J connectivity index is 2.28. The number of rotatable bonds is 5. The Bertz CT molecular complexity index is 255. The highest BCUT2D eigenvalue weighted by Gasteiger charge is 2.17. The Morgan fingerprint density at radius 2 is 1.89 bits per heavy atom. The predicted molar refractivity (Wildman–Crippen MR) is 75.6 cm³/mol. The first-order valence-corrected chi connectivity index (χ1v) is 7.20. The maximum absolute atomic E-state index is 11.4. The predicted octanol–water partition coefficient (Wildman–Crippen LogP) is 1.17. The number of hydrogen-bond acceptors (Lipinski definition) is 3. The standard InChI is InChI=1S/C14H29N3O/c1-12(2)15-10-13(3)11-16-6-5-7-17(9-8-16)14(4)18/h12-13,15H,5-11H2,1-4H3. The second-order valence-corrected chi connectivity index (χ2v) is 5.83. The van der Waals surface area contributed by atoms with Crippen LogP contribution in [-0.4, -0.2) is 61.0 Å². The van der Waals surface area contributed by atoms with Gasteiger partial charge in [-0.3, -0.25) is 4.79 Å². The van der Waals surface area contributed by atoms with Gasteiger partial charge < -0.3 is 15.1 Å². The Morgan fingerprint density at radius 3 is 2.50 bits per heavy atom. The van der Waals surface area contributed by atoms with Crippen LogP contribution in [0.2, 0.25) is 0 Å². The van der Waals surface area contributed by atoms with Crippen molar-refractivity contribution in [2.75, 3.05) is 39.3 Å². The molecule has 1 saturated heterocycles. The molecule has 1 unspecified atom stereocenters. The summed E-state index contributed by atoms with van der Waals surface area (Å²) in [6.45, 7) is 14.5. The zero-order valence-electron chi connectivity index (χ0n) is 12.4. The van der Waals surface area contributed by atoms with E-state index in [1.54, 1.807) is 6.92 Å². The van der Waals surface area contributed by atoms with Gasteiger partial charge in [-0.2, -0.15) is 0 Å². The molecule has 106 valence electrons. The minimum absolute atomic E-state index is 0.214. The average Bonchev–Trinajstić information content (AvgIpc) is 2.52. The minimum atomic E-state index is 0.214. The van der Waals surface area contributed by atoms with Gasteiger partial charge in [-0.15, -0.1) is 0 Å². The maximum atomic E-state index is 11.4. The summed E-state index contributed by atoms with van der Waals surface area (Å²) < 4.78 is 0. The number of hydrogen-bond donors (Lipinski definition) is 1. The van der Waals surface area contributed by atoms with Gasteiger partial charge in [0.05, 0.1) is 0 Å². The highest BCUT2D eigenvalue weighted by molar-refractivity contribution is 5.73. The zero-order valence-corrected chi connectivity index (χ0v) is 12.4. The lowest BCUT2D eigenvalue weighted by atomic mass is 10.1. The molecule has 1 fully saturated rings. The van der Waals surface area contributed by atoms with Gasteiger partial charge >= 0.3 is 0 Å². The Hall–Kier alpha value is -0.610. The van der Waals surface area contributed by atoms with E-state index in [9.17, 15) is 4.79 Å². The van der Waals surface area contributed by atoms with Crippen LogP contribution in [-0.2, 0) is 4.79 Å². The molecule has 1 aliphatic heterocycles. The van der Waals surface area contributed by atoms with Crippen LogP contribution in [0.25, 0.3) is 0 Å². The summed E-state index contributed by atoms with van der Waals surface area (Å²) in [6, 6.07) is 0.560. The van der Waals surface area contributed by atoms with E-state index in [-0.39, 0.29) is 5.91 Å². The lowest BCUT2D eigenvalue weighted by molar-refractivity contribution is -0.128. The number of carbonyl (C=O) groups excluding carboxylic acids is 1. The second-order valence-electron chi connectivity index (χ2n) is 5.83. The molecule has 0 bridgehead atoms. The Morgan fingerprint density at radius 1 is 1.17 bits per heavy atom. The third-order valence-electron chi connectivity index (χ3n) is 3.48. The van der Waals surface area contributed by atoms with E-state index in [1.165, 1.54) is 0 Å². The summed E-state index contributed by atoms with van der Waals surface area (Å²) in [4.78, 5) is 15.8. The molecule has 1 aliphatic rings. The van der Waals surface area contributed by atoms with Crippen LogP contribution < -0.4 is 5.32 Å². The lowest BCUT2D eigenvalue weighted by Gasteiger charge is -2.25. The summed E-state index contributed by atoms with van der Waals surface area (Å²) in [7, 11) is 0. The highest BCUT2D eigenvalue weighted by Crippen LogP contribution is 2.06. The van der Waals surface area contributed by atoms with Crippen molar-refractivity contribution in [3.63, 3.8) is 0 Å². The minimum Gasteiger partial charge on any atom is -0.342 e. The van der Waals surface area contributed by atoms with Crippen LogP contribution >= 0.6 is 0 Å². The summed E-state index contributed by atoms with van der Waals surface area (Å²) >= 11 is 0. The van der Waals surface area contributed by atoms with Crippen LogP contribution in [0, 0.1) is 5.92 Å². The summed E-state index contributed by atoms with van der Waals surface area (Å²) in [5.74, 6) is 0.877. The quantitative estimate of drug-likeness (QED) is 0.801. The fourth-order valence-electron chi connectivity index (χ4n) is 2.41. The SMILES string of the molecule is CC(=O)N1CCCN(CC(C)CNC(C)C)CC1. The molecular weight excluding hydrogens is 226 g/mol. The van der Waals surface area contributed by atoms with Crippen LogP contribution in [0.1, 0.15) is 34.1 Å². The van der Waals surface area contributed by atoms with Crippen molar-refractivity contribution in [2.45, 2.75) is 40.2 Å². The van der Waals surface area contributed by atoms with E-state index in [4.69, 9.17) is 0 Å². The number of nitrogens with zero attached hydrogens (tertiary/aromatic N) is 2. The molecule has 0 aromatic rings. The van der Waals surface area contributed by atoms with Gasteiger partial charge in [0.1, 0.15) is 0 Å². The Kier molecular flexibility index (Phi) is 6.65. The van der Waals surface area contributed by atoms with Crippen LogP contribution in [0.15, 0.2) is 0 Å². The molecule has 0 saturated carbocycles. The smallest absolute Gasteiger partial charge is 0.219 e. The first-order chi connectivity index (χ1) is 8.49. The van der Waals surface area contributed by atoms with E-state index in [2.05, 4.69) is 31.0 Å². The van der Waals surface area contributed by atoms with Crippen LogP contribution in [0.3, 0.4) is 0 Å². The monoisotopic (exact) mass is 255 g/mol. The summed E-state index contributed by atoms with van der Waals surface area (Å²) in [6.07, 6.45) is 1.10. The molecule has 4 heteroatoms. The molecule has 0 aromatic heterocycles. The maximum Gasteiger partial charge on any atom is 0.219 e. The van der Waals surface area contributed by atoms with Crippen LogP contribution in [0.4, 0.5) is 0 Å². The molecular formula is C14H29N3O. The number of amides is 1. The van der Waals surface area contributed by atoms with Gasteiger partial charge in [-0.05, 0) is 25.4 Å². The van der Waals surface area contributed by atoms with Crippen molar-refractivity contribution in [3.05, 3.63) is 0 Å². The van der Waals surface area contributed by atoms with Gasteiger partial charge in [0.2, 0.25) is 5.91 Å². The van der Waals surface area contributed by atoms with Gasteiger partial charge in [-0.1, -0.05) is 20.8 Å². The molecule has 18 heavy (non-hydrogen) atoms. The first kappa shape index (κ1) is 15.4. The number of nitrogens with one attached hydrogen (secondary N) is 1. The largest absolute Gasteiger partial charge is 0.342 e. The van der Waals surface area contributed by atoms with Crippen molar-refractivity contribution in [1.29, 1.82) is 0 Å². The summed E-state index contributed by atoms with van der Waals surface area (Å²) in [5.41, 5.74) is 0. The van der Waals surface area contributed by atoms with Crippen molar-refractivity contribution >= 4 is 5.91 Å². The molecule has 0 aromatic carbocycles. The van der Waals surface area contributed by atoms with Crippen LogP contribution in [0.5, 0.6) is 0 Å². The first-order valence-electron chi connectivity index (χ1n) is 7.20. The van der Waals surface area contributed by atoms with E-state index in [0.29, 0.717) is 12.0 Å². The summed E-state index contributed by atoms with van der Waals surface area (Å²) in [5, 5.41) is 3.49. The van der Waals surface area contributed by atoms with E-state index in [0.717, 1.165) is 45.7 Å². The van der Waals surface area contributed by atoms with Crippen molar-refractivity contribution < 1.29 is 4.79 Å². The van der Waals surface area contributed by atoms with Gasteiger partial charge in [0, 0.05) is 39.1 Å². The second kappa shape index (κ2) is 7.74. The van der Waals surface area contributed by atoms with Gasteiger partial charge in [0.15, 0.2) is 0 Å². The average molecular weight is 255 g/mol. The molecule has 1 amide bonds. The van der Waals surface area contributed by atoms with Gasteiger partial charge in [-0.25, -0.2) is 0 Å². The lowest BCUT2D eigenvalue weighted by Crippen LogP contribution is -2.38. The molecule has 0 spiro atoms. The molecule has 0 radical (unpaired) electrons. The van der Waals surface area contributed by atoms with Crippen molar-refractivity contribution in [3.8, 4) is 0 Å². The molecule has 4 nitrogen and oxygen atoms in total. The number of carbonyl (C=O) groups is 1. The van der Waals surface area contributed by atoms with Gasteiger partial charge in [0.25, 0.3) is 0 Å². The molecule has 0 aliphatic carbocycles. The molecule has 1 N–H and O–H groups in total. The molecule has 1 atom stereocenters. The van der Waals surface area contributed by atoms with Crippen molar-refractivity contribution in [2.24, 2.45) is 5.92 Å². The Labute approximate surface area is 112 Å². The fraction of sp³-hybridized carbons (Fsp3) is 0.929. The van der Waals surface area contributed by atoms with E-state index in [1.807, 2.05) is 4.90 Å². The normalized spacial score (nSPS) is 19.9. The topological polar surface area (TPSA) is 35.6 Å². The third kappa shape index (κ3) is 5.83. The third-order valence-corrected chi connectivity index (χ3v) is 3.48. The van der Waals surface area contributed by atoms with Crippen molar-refractivity contribution in [1.82, 2.24) is 15.1 Å². The molecule has 1 heterocycles. The highest BCUT2D eigenvalue weighted by atomic mass is 16.2. The van der Waals surface area contributed by atoms with E-state index < -0.39 is 0 Å². The van der Waals surface area contributed by atoms with E-state index >= 15 is 0 Å². The fourth-order valence-corrected chi connectivity index (χ4v) is 2.41. The zero-order chi connectivity index (χ0) is 13.5.